The zero-order chi connectivity index (χ0) is 20.3. The van der Waals surface area contributed by atoms with E-state index in [-0.39, 0.29) is 32.8 Å². The Balaban J connectivity index is 0. The van der Waals surface area contributed by atoms with E-state index >= 15 is 0 Å². The largest absolute Gasteiger partial charge is 3.00 e. The Bertz CT molecular complexity index is 704. The van der Waals surface area contributed by atoms with Gasteiger partial charge in [-0.25, -0.2) is 9.59 Å². The average Bonchev–Trinajstić information content (AvgIpc) is 2.56. The van der Waals surface area contributed by atoms with Crippen molar-refractivity contribution in [1.82, 2.24) is 0 Å². The number of carbonyl (C=O) groups is 3. The molecule has 27 heavy (non-hydrogen) atoms. The summed E-state index contributed by atoms with van der Waals surface area (Å²) in [7, 11) is 0. The third kappa shape index (κ3) is 10.7. The van der Waals surface area contributed by atoms with Crippen molar-refractivity contribution in [2.45, 2.75) is 13.0 Å². The molecule has 9 nitrogen and oxygen atoms in total. The number of aromatic carboxylic acids is 2. The molecule has 2 aromatic rings. The first kappa shape index (κ1) is 26.4. The van der Waals surface area contributed by atoms with Gasteiger partial charge in [-0.15, -0.1) is 0 Å². The summed E-state index contributed by atoms with van der Waals surface area (Å²) < 4.78 is 0. The second-order valence-electron chi connectivity index (χ2n) is 4.60. The number of carboxylic acids is 3. The molecule has 1 radical (unpaired) electrons. The molecule has 0 saturated heterocycles. The Morgan fingerprint density at radius 2 is 1.07 bits per heavy atom. The summed E-state index contributed by atoms with van der Waals surface area (Å²) in [5.41, 5.74) is -0.356. The average molecular weight is 411 g/mol. The summed E-state index contributed by atoms with van der Waals surface area (Å²) in [4.78, 5) is 29.8. The van der Waals surface area contributed by atoms with E-state index in [0.29, 0.717) is 0 Å². The third-order valence-corrected chi connectivity index (χ3v) is 2.58. The van der Waals surface area contributed by atoms with Crippen LogP contribution < -0.4 is 15.3 Å². The van der Waals surface area contributed by atoms with E-state index in [1.807, 2.05) is 0 Å². The smallest absolute Gasteiger partial charge is 0.872 e. The van der Waals surface area contributed by atoms with Gasteiger partial charge in [-0.05, 0) is 19.1 Å². The second kappa shape index (κ2) is 13.3. The number of aliphatic carboxylic acids is 1. The molecule has 0 aliphatic carbocycles. The van der Waals surface area contributed by atoms with Crippen molar-refractivity contribution in [2.75, 3.05) is 0 Å². The van der Waals surface area contributed by atoms with Gasteiger partial charge in [-0.1, -0.05) is 47.9 Å². The van der Waals surface area contributed by atoms with Gasteiger partial charge in [-0.3, -0.25) is 0 Å². The Kier molecular flexibility index (Phi) is 13.0. The maximum atomic E-state index is 10.7. The predicted molar refractivity (Wildman–Crippen MR) is 82.4 cm³/mol. The molecule has 141 valence electrons. The molecular weight excluding hydrogens is 396 g/mol. The third-order valence-electron chi connectivity index (χ3n) is 2.58. The van der Waals surface area contributed by atoms with Crippen LogP contribution in [0.1, 0.15) is 27.6 Å². The number of para-hydroxylation sites is 2. The number of carbonyl (C=O) groups excluding carboxylic acids is 1. The van der Waals surface area contributed by atoms with Crippen LogP contribution in [0.2, 0.25) is 0 Å². The SMILES string of the molecule is CC(O)C(=O)[O-].O=C(O)c1ccccc1[O-].O=C(O)c1ccccc1[O-].[Ti+3]. The fraction of sp³-hybridized carbons (Fsp3) is 0.118. The monoisotopic (exact) mass is 411 g/mol. The van der Waals surface area contributed by atoms with Crippen molar-refractivity contribution in [3.63, 3.8) is 0 Å². The fourth-order valence-corrected chi connectivity index (χ4v) is 1.29. The van der Waals surface area contributed by atoms with Crippen LogP contribution in [0.25, 0.3) is 0 Å². The maximum absolute atomic E-state index is 10.7. The quantitative estimate of drug-likeness (QED) is 0.535. The van der Waals surface area contributed by atoms with Gasteiger partial charge in [0.1, 0.15) is 0 Å². The van der Waals surface area contributed by atoms with Crippen LogP contribution in [0, 0.1) is 0 Å². The molecular formula is C17H15O9Ti. The number of aliphatic hydroxyl groups is 1. The number of hydrogen-bond donors (Lipinski definition) is 3. The van der Waals surface area contributed by atoms with Crippen LogP contribution in [-0.4, -0.2) is 39.3 Å². The molecule has 0 spiro atoms. The Hall–Kier alpha value is -2.88. The second-order valence-corrected chi connectivity index (χ2v) is 4.60. The summed E-state index contributed by atoms with van der Waals surface area (Å²) in [6.45, 7) is 1.13. The summed E-state index contributed by atoms with van der Waals surface area (Å²) in [5, 5.41) is 55.4. The number of benzene rings is 2. The summed E-state index contributed by atoms with van der Waals surface area (Å²) in [5.74, 6) is -4.68. The molecule has 0 aromatic heterocycles. The Morgan fingerprint density at radius 3 is 1.22 bits per heavy atom. The molecule has 0 aliphatic rings. The van der Waals surface area contributed by atoms with Crippen LogP contribution in [0.4, 0.5) is 0 Å². The topological polar surface area (TPSA) is 181 Å². The van der Waals surface area contributed by atoms with E-state index < -0.39 is 35.5 Å². The van der Waals surface area contributed by atoms with E-state index in [4.69, 9.17) is 15.3 Å². The van der Waals surface area contributed by atoms with Crippen LogP contribution in [-0.2, 0) is 26.5 Å². The van der Waals surface area contributed by atoms with Crippen LogP contribution in [0.15, 0.2) is 48.5 Å². The van der Waals surface area contributed by atoms with Crippen molar-refractivity contribution in [2.24, 2.45) is 0 Å². The summed E-state index contributed by atoms with van der Waals surface area (Å²) >= 11 is 0. The molecule has 0 aliphatic heterocycles. The van der Waals surface area contributed by atoms with Crippen molar-refractivity contribution >= 4 is 17.9 Å². The standard InChI is InChI=1S/2C7H6O3.C3H6O3.Ti/c2*8-6-4-2-1-3-5(6)7(9)10;1-2(4)3(5)6;/h2*1-4,8H,(H,9,10);2,4H,1H3,(H,5,6);/q;;;+3/p-3. The Morgan fingerprint density at radius 1 is 0.815 bits per heavy atom. The van der Waals surface area contributed by atoms with E-state index in [1.54, 1.807) is 0 Å². The van der Waals surface area contributed by atoms with E-state index in [1.165, 1.54) is 48.5 Å². The minimum absolute atomic E-state index is 0. The van der Waals surface area contributed by atoms with Gasteiger partial charge in [-0.2, -0.15) is 0 Å². The fourth-order valence-electron chi connectivity index (χ4n) is 1.29. The van der Waals surface area contributed by atoms with Crippen molar-refractivity contribution in [3.8, 4) is 11.5 Å². The first-order valence-corrected chi connectivity index (χ1v) is 6.95. The molecule has 0 saturated carbocycles. The zero-order valence-electron chi connectivity index (χ0n) is 14.0. The van der Waals surface area contributed by atoms with Gasteiger partial charge in [0, 0.05) is 0 Å². The van der Waals surface area contributed by atoms with Crippen molar-refractivity contribution < 1.29 is 66.7 Å². The summed E-state index contributed by atoms with van der Waals surface area (Å²) in [6.07, 6.45) is -1.34. The van der Waals surface area contributed by atoms with Crippen LogP contribution >= 0.6 is 0 Å². The maximum Gasteiger partial charge on any atom is 3.00 e. The molecule has 3 N–H and O–H groups in total. The summed E-state index contributed by atoms with van der Waals surface area (Å²) in [6, 6.07) is 11.1. The molecule has 1 atom stereocenters. The van der Waals surface area contributed by atoms with Gasteiger partial charge in [0.25, 0.3) is 0 Å². The van der Waals surface area contributed by atoms with Crippen molar-refractivity contribution in [1.29, 1.82) is 0 Å². The van der Waals surface area contributed by atoms with Gasteiger partial charge < -0.3 is 35.4 Å². The molecule has 0 fully saturated rings. The van der Waals surface area contributed by atoms with E-state index in [9.17, 15) is 29.7 Å². The number of carboxylic acid groups (broad SMARTS) is 3. The van der Waals surface area contributed by atoms with Gasteiger partial charge in [0.15, 0.2) is 0 Å². The van der Waals surface area contributed by atoms with E-state index in [2.05, 4.69) is 0 Å². The first-order valence-electron chi connectivity index (χ1n) is 6.95. The zero-order valence-corrected chi connectivity index (χ0v) is 15.5. The van der Waals surface area contributed by atoms with Gasteiger partial charge >= 0.3 is 33.7 Å². The number of rotatable bonds is 3. The van der Waals surface area contributed by atoms with Gasteiger partial charge in [0.05, 0.1) is 23.2 Å². The Labute approximate surface area is 169 Å². The number of aliphatic hydroxyl groups excluding tert-OH is 1. The van der Waals surface area contributed by atoms with Gasteiger partial charge in [0.2, 0.25) is 0 Å². The molecule has 2 aromatic carbocycles. The molecule has 10 heteroatoms. The molecule has 0 amide bonds. The van der Waals surface area contributed by atoms with Crippen molar-refractivity contribution in [3.05, 3.63) is 59.7 Å². The first-order chi connectivity index (χ1) is 12.1. The van der Waals surface area contributed by atoms with Crippen LogP contribution in [0.3, 0.4) is 0 Å². The van der Waals surface area contributed by atoms with Crippen LogP contribution in [0.5, 0.6) is 11.5 Å². The number of hydrogen-bond acceptors (Lipinski definition) is 7. The predicted octanol–water partition coefficient (Wildman–Crippen LogP) is -0.969. The van der Waals surface area contributed by atoms with E-state index in [0.717, 1.165) is 6.92 Å². The minimum atomic E-state index is -1.44. The molecule has 0 bridgehead atoms. The molecule has 2 rings (SSSR count). The normalized spacial score (nSPS) is 9.85. The minimum Gasteiger partial charge on any atom is -0.872 e. The molecule has 1 unspecified atom stereocenters. The molecule has 0 heterocycles.